The summed E-state index contributed by atoms with van der Waals surface area (Å²) in [5.41, 5.74) is 2.07. The van der Waals surface area contributed by atoms with Crippen molar-refractivity contribution in [3.63, 3.8) is 0 Å². The summed E-state index contributed by atoms with van der Waals surface area (Å²) in [5, 5.41) is 39.7. The van der Waals surface area contributed by atoms with Gasteiger partial charge < -0.3 is 24.6 Å². The topological polar surface area (TPSA) is 174 Å². The average molecular weight is 670 g/mol. The Morgan fingerprint density at radius 3 is 2.57 bits per heavy atom. The maximum Gasteiger partial charge on any atom is 0.256 e. The van der Waals surface area contributed by atoms with Crippen LogP contribution < -0.4 is 14.8 Å². The highest BCUT2D eigenvalue weighted by Gasteiger charge is 2.34. The number of aromatic nitrogens is 8. The highest BCUT2D eigenvalue weighted by Crippen LogP contribution is 2.37. The van der Waals surface area contributed by atoms with E-state index in [9.17, 15) is 10.4 Å². The summed E-state index contributed by atoms with van der Waals surface area (Å²) < 4.78 is 21.4. The van der Waals surface area contributed by atoms with Crippen molar-refractivity contribution in [1.82, 2.24) is 44.9 Å². The molecule has 2 N–H and O–H groups in total. The van der Waals surface area contributed by atoms with E-state index in [1.807, 2.05) is 29.9 Å². The number of benzene rings is 1. The number of morpholine rings is 1. The first-order valence-electron chi connectivity index (χ1n) is 17.2. The first-order valence-corrected chi connectivity index (χ1v) is 17.2. The standard InChI is InChI=1S/C34H43N11O4/c1-24(21-44-23-38-41-42-44)49-31-17-25(3-4-26(31)18-35)27-19-36-33(37-20-27)39-30-22-45(40-32(30)48-14-11-34(46)9-2-10-34)29-7-5-28(6-8-29)43-12-15-47-16-13-43/h3-4,17,19-20,22-24,28-29,46H,2,5-16,21H2,1H3,(H,36,37,39). The SMILES string of the molecule is CC(Cn1cnnn1)Oc1cc(-c2cnc(Nc3cn(C4CCC(N5CCOCC5)CC4)nc3OCCC3(O)CCC3)nc2)ccc1C#N. The van der Waals surface area contributed by atoms with E-state index in [1.165, 1.54) is 6.33 Å². The number of nitrogens with zero attached hydrogens (tertiary/aromatic N) is 10. The first-order chi connectivity index (χ1) is 23.9. The number of hydrogen-bond donors (Lipinski definition) is 2. The van der Waals surface area contributed by atoms with Crippen molar-refractivity contribution in [3.8, 4) is 28.8 Å². The van der Waals surface area contributed by atoms with Crippen LogP contribution in [0.3, 0.4) is 0 Å². The number of hydrogen-bond acceptors (Lipinski definition) is 13. The van der Waals surface area contributed by atoms with Crippen LogP contribution in [-0.2, 0) is 11.3 Å². The van der Waals surface area contributed by atoms with Crippen molar-refractivity contribution in [2.24, 2.45) is 0 Å². The van der Waals surface area contributed by atoms with Gasteiger partial charge in [-0.3, -0.25) is 9.58 Å². The summed E-state index contributed by atoms with van der Waals surface area (Å²) in [7, 11) is 0. The fourth-order valence-electron chi connectivity index (χ4n) is 6.89. The van der Waals surface area contributed by atoms with Crippen molar-refractivity contribution < 1.29 is 19.3 Å². The van der Waals surface area contributed by atoms with Crippen LogP contribution in [-0.4, -0.2) is 101 Å². The molecule has 3 aromatic heterocycles. The van der Waals surface area contributed by atoms with E-state index in [0.29, 0.717) is 54.4 Å². The highest BCUT2D eigenvalue weighted by atomic mass is 16.5. The largest absolute Gasteiger partial charge is 0.487 e. The molecule has 1 aromatic carbocycles. The monoisotopic (exact) mass is 669 g/mol. The Morgan fingerprint density at radius 2 is 1.88 bits per heavy atom. The molecule has 3 aliphatic rings. The van der Waals surface area contributed by atoms with Gasteiger partial charge in [-0.25, -0.2) is 14.6 Å². The molecule has 0 spiro atoms. The van der Waals surface area contributed by atoms with Crippen LogP contribution in [0.1, 0.15) is 69.9 Å². The van der Waals surface area contributed by atoms with Crippen molar-refractivity contribution >= 4 is 11.6 Å². The molecule has 0 bridgehead atoms. The van der Waals surface area contributed by atoms with Gasteiger partial charge in [0.2, 0.25) is 5.95 Å². The predicted octanol–water partition coefficient (Wildman–Crippen LogP) is 3.91. The van der Waals surface area contributed by atoms with Gasteiger partial charge in [0.1, 0.15) is 29.9 Å². The summed E-state index contributed by atoms with van der Waals surface area (Å²) in [4.78, 5) is 11.8. The first kappa shape index (κ1) is 32.9. The number of nitriles is 1. The minimum absolute atomic E-state index is 0.276. The molecular weight excluding hydrogens is 626 g/mol. The van der Waals surface area contributed by atoms with Crippen molar-refractivity contribution in [2.45, 2.75) is 88.6 Å². The van der Waals surface area contributed by atoms with E-state index in [0.717, 1.165) is 82.4 Å². The van der Waals surface area contributed by atoms with Crippen LogP contribution in [0.25, 0.3) is 11.1 Å². The van der Waals surface area contributed by atoms with Gasteiger partial charge in [-0.1, -0.05) is 6.07 Å². The molecule has 1 atom stereocenters. The minimum atomic E-state index is -0.629. The lowest BCUT2D eigenvalue weighted by atomic mass is 9.78. The second-order valence-electron chi connectivity index (χ2n) is 13.3. The quantitative estimate of drug-likeness (QED) is 0.210. The Morgan fingerprint density at radius 1 is 1.10 bits per heavy atom. The Balaban J connectivity index is 1.04. The fourth-order valence-corrected chi connectivity index (χ4v) is 6.89. The average Bonchev–Trinajstić information content (AvgIpc) is 3.78. The maximum atomic E-state index is 10.6. The Kier molecular flexibility index (Phi) is 9.97. The van der Waals surface area contributed by atoms with E-state index in [-0.39, 0.29) is 12.1 Å². The number of nitrogens with one attached hydrogen (secondary N) is 1. The molecule has 15 heteroatoms. The Hall–Kier alpha value is -4.65. The normalized spacial score (nSPS) is 21.3. The molecule has 2 aliphatic carbocycles. The third-order valence-electron chi connectivity index (χ3n) is 9.89. The molecular formula is C34H43N11O4. The van der Waals surface area contributed by atoms with Gasteiger partial charge in [0.15, 0.2) is 0 Å². The molecule has 0 amide bonds. The van der Waals surface area contributed by atoms with Crippen LogP contribution in [0.4, 0.5) is 11.6 Å². The van der Waals surface area contributed by atoms with Gasteiger partial charge in [0, 0.05) is 43.5 Å². The van der Waals surface area contributed by atoms with Gasteiger partial charge in [0.25, 0.3) is 5.88 Å². The second-order valence-corrected chi connectivity index (χ2v) is 13.3. The van der Waals surface area contributed by atoms with Gasteiger partial charge in [0.05, 0.1) is 49.8 Å². The molecule has 3 fully saturated rings. The summed E-state index contributed by atoms with van der Waals surface area (Å²) in [6, 6.07) is 8.47. The molecule has 1 aliphatic heterocycles. The van der Waals surface area contributed by atoms with Gasteiger partial charge >= 0.3 is 0 Å². The van der Waals surface area contributed by atoms with E-state index in [4.69, 9.17) is 19.3 Å². The summed E-state index contributed by atoms with van der Waals surface area (Å²) >= 11 is 0. The molecule has 4 aromatic rings. The maximum absolute atomic E-state index is 10.6. The summed E-state index contributed by atoms with van der Waals surface area (Å²) in [5.74, 6) is 1.35. The van der Waals surface area contributed by atoms with Crippen LogP contribution in [0.5, 0.6) is 11.6 Å². The lowest BCUT2D eigenvalue weighted by Crippen LogP contribution is -2.45. The Labute approximate surface area is 285 Å². The minimum Gasteiger partial charge on any atom is -0.487 e. The predicted molar refractivity (Wildman–Crippen MR) is 178 cm³/mol. The van der Waals surface area contributed by atoms with Crippen molar-refractivity contribution in [3.05, 3.63) is 48.7 Å². The van der Waals surface area contributed by atoms with Gasteiger partial charge in [-0.2, -0.15) is 5.26 Å². The van der Waals surface area contributed by atoms with Crippen molar-refractivity contribution in [2.75, 3.05) is 38.2 Å². The number of aliphatic hydroxyl groups is 1. The van der Waals surface area contributed by atoms with Crippen LogP contribution in [0.15, 0.2) is 43.1 Å². The van der Waals surface area contributed by atoms with Gasteiger partial charge in [-0.05, 0) is 80.0 Å². The molecule has 1 saturated heterocycles. The smallest absolute Gasteiger partial charge is 0.256 e. The number of anilines is 2. The summed E-state index contributed by atoms with van der Waals surface area (Å²) in [6.07, 6.45) is 14.3. The molecule has 4 heterocycles. The van der Waals surface area contributed by atoms with Crippen LogP contribution >= 0.6 is 0 Å². The van der Waals surface area contributed by atoms with Crippen molar-refractivity contribution in [1.29, 1.82) is 5.26 Å². The third kappa shape index (κ3) is 7.98. The van der Waals surface area contributed by atoms with Crippen LogP contribution in [0.2, 0.25) is 0 Å². The zero-order chi connectivity index (χ0) is 33.6. The zero-order valence-electron chi connectivity index (χ0n) is 27.8. The number of ether oxygens (including phenoxy) is 3. The molecule has 7 rings (SSSR count). The highest BCUT2D eigenvalue weighted by molar-refractivity contribution is 5.67. The molecule has 258 valence electrons. The third-order valence-corrected chi connectivity index (χ3v) is 9.89. The second kappa shape index (κ2) is 14.9. The molecule has 15 nitrogen and oxygen atoms in total. The molecule has 49 heavy (non-hydrogen) atoms. The summed E-state index contributed by atoms with van der Waals surface area (Å²) in [6.45, 7) is 6.36. The zero-order valence-corrected chi connectivity index (χ0v) is 27.8. The molecule has 2 saturated carbocycles. The fraction of sp³-hybridized carbons (Fsp3) is 0.559. The van der Waals surface area contributed by atoms with E-state index in [2.05, 4.69) is 41.8 Å². The van der Waals surface area contributed by atoms with Crippen LogP contribution in [0, 0.1) is 11.3 Å². The van der Waals surface area contributed by atoms with E-state index in [1.54, 1.807) is 23.1 Å². The number of tetrazole rings is 1. The van der Waals surface area contributed by atoms with E-state index >= 15 is 0 Å². The molecule has 1 unspecified atom stereocenters. The van der Waals surface area contributed by atoms with E-state index < -0.39 is 5.60 Å². The number of rotatable bonds is 13. The lowest BCUT2D eigenvalue weighted by molar-refractivity contribution is -0.0485. The lowest BCUT2D eigenvalue weighted by Gasteiger charge is -2.38. The molecule has 0 radical (unpaired) electrons. The van der Waals surface area contributed by atoms with Gasteiger partial charge in [-0.15, -0.1) is 10.2 Å². The Bertz CT molecular complexity index is 1700.